The predicted molar refractivity (Wildman–Crippen MR) is 101 cm³/mol. The van der Waals surface area contributed by atoms with Gasteiger partial charge in [0.2, 0.25) is 0 Å². The zero-order valence-electron chi connectivity index (χ0n) is 14.4. The molecule has 0 unspecified atom stereocenters. The average molecular weight is 340 g/mol. The van der Waals surface area contributed by atoms with Gasteiger partial charge in [0.05, 0.1) is 6.10 Å². The molecule has 5 heteroatoms. The molecule has 1 atom stereocenters. The first kappa shape index (κ1) is 18.7. The minimum Gasteiger partial charge on any atom is -0.376 e. The summed E-state index contributed by atoms with van der Waals surface area (Å²) in [6, 6.07) is 0. The summed E-state index contributed by atoms with van der Waals surface area (Å²) in [5.41, 5.74) is 4.33. The Bertz CT molecular complexity index is 353. The van der Waals surface area contributed by atoms with Crippen LogP contribution in [-0.2, 0) is 4.74 Å². The molecule has 0 spiro atoms. The van der Waals surface area contributed by atoms with Crippen LogP contribution in [0.15, 0.2) is 5.10 Å². The van der Waals surface area contributed by atoms with E-state index in [9.17, 15) is 0 Å². The molecule has 2 N–H and O–H groups in total. The molecule has 0 bridgehead atoms. The van der Waals surface area contributed by atoms with Gasteiger partial charge in [0.25, 0.3) is 0 Å². The van der Waals surface area contributed by atoms with Crippen LogP contribution in [-0.4, -0.2) is 30.1 Å². The van der Waals surface area contributed by atoms with Crippen LogP contribution in [0.3, 0.4) is 0 Å². The second-order valence-corrected chi connectivity index (χ2v) is 7.23. The zero-order valence-corrected chi connectivity index (χ0v) is 15.3. The highest BCUT2D eigenvalue weighted by Gasteiger charge is 2.15. The number of ether oxygens (including phenoxy) is 1. The lowest BCUT2D eigenvalue weighted by Crippen LogP contribution is -2.37. The molecule has 1 aliphatic carbocycles. The van der Waals surface area contributed by atoms with Gasteiger partial charge in [0.15, 0.2) is 5.11 Å². The molecule has 0 aromatic rings. The Morgan fingerprint density at radius 3 is 2.13 bits per heavy atom. The van der Waals surface area contributed by atoms with E-state index < -0.39 is 0 Å². The maximum Gasteiger partial charge on any atom is 0.187 e. The highest BCUT2D eigenvalue weighted by molar-refractivity contribution is 7.80. The molecule has 1 saturated carbocycles. The van der Waals surface area contributed by atoms with Crippen molar-refractivity contribution in [3.8, 4) is 0 Å². The minimum atomic E-state index is 0.309. The van der Waals surface area contributed by atoms with Crippen LogP contribution >= 0.6 is 12.2 Å². The van der Waals surface area contributed by atoms with Gasteiger partial charge >= 0.3 is 0 Å². The lowest BCUT2D eigenvalue weighted by molar-refractivity contribution is 0.114. The standard InChI is InChI=1S/C18H33N3OS/c23-18(19-15-17-13-10-14-22-17)21-20-16-11-8-6-4-2-1-3-5-7-9-12-16/h17H,1-15H2,(H2,19,21,23)/t17-/m1/s1. The largest absolute Gasteiger partial charge is 0.376 e. The van der Waals surface area contributed by atoms with E-state index in [0.29, 0.717) is 11.2 Å². The molecule has 1 heterocycles. The molecule has 23 heavy (non-hydrogen) atoms. The Balaban J connectivity index is 1.69. The molecule has 2 aliphatic rings. The van der Waals surface area contributed by atoms with Gasteiger partial charge in [0.1, 0.15) is 0 Å². The highest BCUT2D eigenvalue weighted by Crippen LogP contribution is 2.15. The summed E-state index contributed by atoms with van der Waals surface area (Å²) >= 11 is 5.32. The van der Waals surface area contributed by atoms with Crippen LogP contribution in [0, 0.1) is 0 Å². The molecule has 0 radical (unpaired) electrons. The molecular formula is C18H33N3OS. The fourth-order valence-electron chi connectivity index (χ4n) is 3.31. The quantitative estimate of drug-likeness (QED) is 0.595. The van der Waals surface area contributed by atoms with E-state index in [1.807, 2.05) is 0 Å². The van der Waals surface area contributed by atoms with Crippen molar-refractivity contribution in [2.24, 2.45) is 5.10 Å². The average Bonchev–Trinajstić information content (AvgIpc) is 3.06. The van der Waals surface area contributed by atoms with Gasteiger partial charge in [0, 0.05) is 18.9 Å². The van der Waals surface area contributed by atoms with E-state index in [1.54, 1.807) is 0 Å². The molecule has 0 aromatic heterocycles. The van der Waals surface area contributed by atoms with E-state index in [-0.39, 0.29) is 0 Å². The Kier molecular flexibility index (Phi) is 9.57. The van der Waals surface area contributed by atoms with Gasteiger partial charge < -0.3 is 10.1 Å². The monoisotopic (exact) mass is 339 g/mol. The highest BCUT2D eigenvalue weighted by atomic mass is 32.1. The predicted octanol–water partition coefficient (Wildman–Crippen LogP) is 4.29. The third kappa shape index (κ3) is 8.66. The summed E-state index contributed by atoms with van der Waals surface area (Å²) in [6.45, 7) is 1.67. The van der Waals surface area contributed by atoms with Crippen LogP contribution < -0.4 is 10.7 Å². The molecule has 2 rings (SSSR count). The van der Waals surface area contributed by atoms with Crippen LogP contribution in [0.4, 0.5) is 0 Å². The van der Waals surface area contributed by atoms with Gasteiger partial charge in [-0.15, -0.1) is 0 Å². The minimum absolute atomic E-state index is 0.309. The van der Waals surface area contributed by atoms with Gasteiger partial charge in [-0.2, -0.15) is 5.10 Å². The molecule has 132 valence electrons. The molecule has 2 fully saturated rings. The van der Waals surface area contributed by atoms with E-state index in [0.717, 1.165) is 38.8 Å². The second-order valence-electron chi connectivity index (χ2n) is 6.82. The summed E-state index contributed by atoms with van der Waals surface area (Å²) in [7, 11) is 0. The summed E-state index contributed by atoms with van der Waals surface area (Å²) < 4.78 is 5.59. The third-order valence-electron chi connectivity index (χ3n) is 4.76. The van der Waals surface area contributed by atoms with Crippen molar-refractivity contribution in [1.82, 2.24) is 10.7 Å². The number of hydrazone groups is 1. The summed E-state index contributed by atoms with van der Waals surface area (Å²) in [5.74, 6) is 0. The summed E-state index contributed by atoms with van der Waals surface area (Å²) in [4.78, 5) is 0. The maximum atomic E-state index is 5.59. The van der Waals surface area contributed by atoms with Crippen molar-refractivity contribution in [3.63, 3.8) is 0 Å². The van der Waals surface area contributed by atoms with Crippen molar-refractivity contribution in [1.29, 1.82) is 0 Å². The first-order chi connectivity index (χ1) is 11.3. The van der Waals surface area contributed by atoms with Crippen molar-refractivity contribution >= 4 is 23.0 Å². The van der Waals surface area contributed by atoms with E-state index >= 15 is 0 Å². The molecule has 0 aromatic carbocycles. The summed E-state index contributed by atoms with van der Waals surface area (Å²) in [5, 5.41) is 8.42. The lowest BCUT2D eigenvalue weighted by Gasteiger charge is -2.13. The SMILES string of the molecule is S=C(NC[C@H]1CCCO1)NN=C1CCCCCCCCCCC1. The van der Waals surface area contributed by atoms with Gasteiger partial charge in [-0.05, 0) is 50.7 Å². The van der Waals surface area contributed by atoms with Gasteiger partial charge in [-0.25, -0.2) is 0 Å². The van der Waals surface area contributed by atoms with E-state index in [1.165, 1.54) is 63.5 Å². The Morgan fingerprint density at radius 2 is 1.57 bits per heavy atom. The normalized spacial score (nSPS) is 24.3. The van der Waals surface area contributed by atoms with Gasteiger partial charge in [-0.1, -0.05) is 44.9 Å². The zero-order chi connectivity index (χ0) is 16.2. The van der Waals surface area contributed by atoms with Crippen molar-refractivity contribution in [3.05, 3.63) is 0 Å². The van der Waals surface area contributed by atoms with Crippen LogP contribution in [0.1, 0.15) is 83.5 Å². The Hall–Kier alpha value is -0.680. The molecule has 4 nitrogen and oxygen atoms in total. The van der Waals surface area contributed by atoms with E-state index in [4.69, 9.17) is 17.0 Å². The fraction of sp³-hybridized carbons (Fsp3) is 0.889. The van der Waals surface area contributed by atoms with Crippen LogP contribution in [0.25, 0.3) is 0 Å². The molecule has 0 amide bonds. The van der Waals surface area contributed by atoms with Crippen LogP contribution in [0.2, 0.25) is 0 Å². The second kappa shape index (κ2) is 11.8. The molecule has 1 saturated heterocycles. The van der Waals surface area contributed by atoms with Gasteiger partial charge in [-0.3, -0.25) is 5.43 Å². The number of thiocarbonyl (C=S) groups is 1. The molecule has 1 aliphatic heterocycles. The number of nitrogens with zero attached hydrogens (tertiary/aromatic N) is 1. The first-order valence-electron chi connectivity index (χ1n) is 9.55. The Labute approximate surface area is 146 Å². The third-order valence-corrected chi connectivity index (χ3v) is 5.00. The lowest BCUT2D eigenvalue weighted by atomic mass is 10.00. The number of hydrogen-bond donors (Lipinski definition) is 2. The summed E-state index contributed by atoms with van der Waals surface area (Å²) in [6.07, 6.45) is 17.0. The maximum absolute atomic E-state index is 5.59. The number of hydrogen-bond acceptors (Lipinski definition) is 3. The van der Waals surface area contributed by atoms with Crippen molar-refractivity contribution in [2.45, 2.75) is 89.6 Å². The van der Waals surface area contributed by atoms with Crippen molar-refractivity contribution in [2.75, 3.05) is 13.2 Å². The van der Waals surface area contributed by atoms with Crippen molar-refractivity contribution < 1.29 is 4.74 Å². The number of nitrogens with one attached hydrogen (secondary N) is 2. The van der Waals surface area contributed by atoms with E-state index in [2.05, 4.69) is 15.8 Å². The molecular weight excluding hydrogens is 306 g/mol. The Morgan fingerprint density at radius 1 is 0.957 bits per heavy atom. The number of rotatable bonds is 3. The smallest absolute Gasteiger partial charge is 0.187 e. The first-order valence-corrected chi connectivity index (χ1v) is 9.96. The topological polar surface area (TPSA) is 45.6 Å². The fourth-order valence-corrected chi connectivity index (χ4v) is 3.44. The van der Waals surface area contributed by atoms with Crippen LogP contribution in [0.5, 0.6) is 0 Å².